The predicted molar refractivity (Wildman–Crippen MR) is 219 cm³/mol. The first-order valence-electron chi connectivity index (χ1n) is 18.6. The fourth-order valence-corrected chi connectivity index (χ4v) is 7.53. The van der Waals surface area contributed by atoms with Gasteiger partial charge >= 0.3 is 12.1 Å². The standard InChI is InChI=1S/C42H47ClN6O7/c1-56-38-22-34(33(43)21-27(38)23-45-24-37(51)31-15-17-36(50)40-32(31)16-18-39(52)48-40)47-41(53)46-19-5-6-25-9-14-30(26-7-3-2-4-8-26)35(20-25)49(42(54)55)29-12-10-28(44)11-13-29/h2-4,7-9,14-18,20-22,28-29,37,45,50-51H,5-6,10-13,19,23-24,44H2,1H3,(H,48,52)(H,54,55)(H2,46,47,53)/t28-,29-,37-/m0/s1. The van der Waals surface area contributed by atoms with Gasteiger partial charge in [-0.3, -0.25) is 9.69 Å². The molecule has 3 amide bonds. The van der Waals surface area contributed by atoms with Crippen LogP contribution in [0.4, 0.5) is 21.0 Å². The van der Waals surface area contributed by atoms with Gasteiger partial charge in [-0.25, -0.2) is 9.59 Å². The summed E-state index contributed by atoms with van der Waals surface area (Å²) in [6.45, 7) is 0.788. The second-order valence-electron chi connectivity index (χ2n) is 14.0. The van der Waals surface area contributed by atoms with Crippen molar-refractivity contribution in [3.05, 3.63) is 117 Å². The van der Waals surface area contributed by atoms with Crippen molar-refractivity contribution in [2.45, 2.75) is 63.3 Å². The lowest BCUT2D eigenvalue weighted by Gasteiger charge is -2.35. The third kappa shape index (κ3) is 9.61. The molecule has 1 atom stereocenters. The van der Waals surface area contributed by atoms with E-state index in [4.69, 9.17) is 22.1 Å². The average Bonchev–Trinajstić information content (AvgIpc) is 3.19. The van der Waals surface area contributed by atoms with Crippen molar-refractivity contribution in [1.29, 1.82) is 0 Å². The van der Waals surface area contributed by atoms with Gasteiger partial charge in [0, 0.05) is 60.4 Å². The number of urea groups is 1. The number of ether oxygens (including phenoxy) is 1. The number of halogens is 1. The number of carbonyl (C=O) groups is 2. The maximum absolute atomic E-state index is 12.9. The summed E-state index contributed by atoms with van der Waals surface area (Å²) in [5.41, 5.74) is 11.0. The van der Waals surface area contributed by atoms with Gasteiger partial charge in [-0.15, -0.1) is 0 Å². The number of hydrogen-bond donors (Lipinski definition) is 8. The molecule has 14 heteroatoms. The number of methoxy groups -OCH3 is 1. The van der Waals surface area contributed by atoms with Gasteiger partial charge in [0.1, 0.15) is 11.5 Å². The first-order chi connectivity index (χ1) is 27.0. The monoisotopic (exact) mass is 782 g/mol. The fourth-order valence-electron chi connectivity index (χ4n) is 7.29. The van der Waals surface area contributed by atoms with Gasteiger partial charge in [-0.05, 0) is 79.5 Å². The molecule has 0 aliphatic heterocycles. The van der Waals surface area contributed by atoms with Gasteiger partial charge in [0.25, 0.3) is 0 Å². The molecule has 0 bridgehead atoms. The number of carbonyl (C=O) groups excluding carboxylic acids is 1. The molecule has 0 saturated heterocycles. The second kappa shape index (κ2) is 18.4. The highest BCUT2D eigenvalue weighted by Crippen LogP contribution is 2.37. The number of nitrogens with one attached hydrogen (secondary N) is 4. The Hall–Kier alpha value is -5.60. The van der Waals surface area contributed by atoms with E-state index in [0.29, 0.717) is 70.9 Å². The highest BCUT2D eigenvalue weighted by molar-refractivity contribution is 6.33. The Morgan fingerprint density at radius 3 is 2.52 bits per heavy atom. The fraction of sp³-hybridized carbons (Fsp3) is 0.310. The number of amides is 3. The lowest BCUT2D eigenvalue weighted by molar-refractivity contribution is 0.175. The quantitative estimate of drug-likeness (QED) is 0.0552. The molecule has 5 aromatic rings. The zero-order valence-corrected chi connectivity index (χ0v) is 31.8. The molecule has 1 aliphatic rings. The van der Waals surface area contributed by atoms with E-state index in [1.165, 1.54) is 24.1 Å². The third-order valence-electron chi connectivity index (χ3n) is 10.2. The second-order valence-corrected chi connectivity index (χ2v) is 14.4. The number of H-pyrrole nitrogens is 1. The van der Waals surface area contributed by atoms with E-state index in [-0.39, 0.29) is 42.0 Å². The van der Waals surface area contributed by atoms with E-state index in [9.17, 15) is 29.7 Å². The minimum absolute atomic E-state index is 0.0886. The van der Waals surface area contributed by atoms with Crippen LogP contribution in [0.2, 0.25) is 5.02 Å². The third-order valence-corrected chi connectivity index (χ3v) is 10.5. The number of fused-ring (bicyclic) bond motifs is 1. The summed E-state index contributed by atoms with van der Waals surface area (Å²) in [5, 5.41) is 41.2. The number of aromatic hydroxyl groups is 1. The number of carboxylic acid groups (broad SMARTS) is 1. The Morgan fingerprint density at radius 1 is 1.02 bits per heavy atom. The number of aliphatic hydroxyl groups is 1. The van der Waals surface area contributed by atoms with Crippen LogP contribution in [0.1, 0.15) is 54.9 Å². The molecule has 1 aliphatic carbocycles. The number of aromatic amines is 1. The number of nitrogens with zero attached hydrogens (tertiary/aromatic N) is 1. The topological polar surface area (TPSA) is 202 Å². The van der Waals surface area contributed by atoms with Gasteiger partial charge in [0.15, 0.2) is 0 Å². The van der Waals surface area contributed by atoms with Crippen LogP contribution in [0.3, 0.4) is 0 Å². The number of rotatable bonds is 14. The van der Waals surface area contributed by atoms with E-state index in [1.807, 2.05) is 48.5 Å². The average molecular weight is 783 g/mol. The lowest BCUT2D eigenvalue weighted by atomic mass is 9.89. The van der Waals surface area contributed by atoms with Crippen molar-refractivity contribution in [3.63, 3.8) is 0 Å². The minimum Gasteiger partial charge on any atom is -0.506 e. The number of aromatic nitrogens is 1. The zero-order valence-electron chi connectivity index (χ0n) is 31.1. The number of hydrogen-bond acceptors (Lipinski definition) is 8. The van der Waals surface area contributed by atoms with Gasteiger partial charge in [-0.2, -0.15) is 0 Å². The number of phenols is 1. The molecular formula is C42H47ClN6O7. The Morgan fingerprint density at radius 2 is 1.79 bits per heavy atom. The summed E-state index contributed by atoms with van der Waals surface area (Å²) >= 11 is 6.58. The Kier molecular flexibility index (Phi) is 13.1. The van der Waals surface area contributed by atoms with Crippen LogP contribution in [-0.4, -0.2) is 64.7 Å². The molecule has 1 heterocycles. The zero-order chi connectivity index (χ0) is 39.8. The molecule has 1 fully saturated rings. The molecule has 56 heavy (non-hydrogen) atoms. The van der Waals surface area contributed by atoms with Crippen molar-refractivity contribution in [1.82, 2.24) is 15.6 Å². The van der Waals surface area contributed by atoms with Crippen LogP contribution in [0.15, 0.2) is 89.7 Å². The van der Waals surface area contributed by atoms with Crippen LogP contribution in [0.25, 0.3) is 22.0 Å². The number of aryl methyl sites for hydroxylation is 1. The molecular weight excluding hydrogens is 736 g/mol. The van der Waals surface area contributed by atoms with Crippen LogP contribution in [0.5, 0.6) is 11.5 Å². The molecule has 1 aromatic heterocycles. The van der Waals surface area contributed by atoms with Gasteiger partial charge in [0.2, 0.25) is 5.56 Å². The van der Waals surface area contributed by atoms with Crippen LogP contribution >= 0.6 is 11.6 Å². The number of nitrogens with two attached hydrogens (primary N) is 1. The molecule has 0 radical (unpaired) electrons. The molecule has 1 saturated carbocycles. The molecule has 6 rings (SSSR count). The highest BCUT2D eigenvalue weighted by atomic mass is 35.5. The van der Waals surface area contributed by atoms with E-state index in [1.54, 1.807) is 24.3 Å². The molecule has 9 N–H and O–H groups in total. The maximum atomic E-state index is 12.9. The molecule has 0 unspecified atom stereocenters. The summed E-state index contributed by atoms with van der Waals surface area (Å²) in [7, 11) is 1.51. The van der Waals surface area contributed by atoms with Gasteiger partial charge < -0.3 is 46.7 Å². The van der Waals surface area contributed by atoms with Crippen molar-refractivity contribution in [3.8, 4) is 22.6 Å². The number of anilines is 2. The van der Waals surface area contributed by atoms with Gasteiger partial charge in [0.05, 0.1) is 35.1 Å². The van der Waals surface area contributed by atoms with Crippen molar-refractivity contribution in [2.24, 2.45) is 5.73 Å². The van der Waals surface area contributed by atoms with Crippen molar-refractivity contribution >= 4 is 46.0 Å². The SMILES string of the molecule is COc1cc(NC(=O)NCCCc2ccc(-c3ccccc3)c(N(C(=O)O)[C@H]3CC[C@H](N)CC3)c2)c(Cl)cc1CNC[C@H](O)c1ccc(O)c2[nH]c(=O)ccc12. The van der Waals surface area contributed by atoms with Crippen LogP contribution in [-0.2, 0) is 13.0 Å². The smallest absolute Gasteiger partial charge is 0.412 e. The predicted octanol–water partition coefficient (Wildman–Crippen LogP) is 6.89. The first-order valence-corrected chi connectivity index (χ1v) is 19.0. The highest BCUT2D eigenvalue weighted by Gasteiger charge is 2.31. The van der Waals surface area contributed by atoms with E-state index >= 15 is 0 Å². The van der Waals surface area contributed by atoms with Crippen molar-refractivity contribution < 1.29 is 29.6 Å². The maximum Gasteiger partial charge on any atom is 0.412 e. The Balaban J connectivity index is 1.04. The van der Waals surface area contributed by atoms with E-state index < -0.39 is 18.2 Å². The Labute approximate surface area is 329 Å². The summed E-state index contributed by atoms with van der Waals surface area (Å²) < 4.78 is 5.58. The summed E-state index contributed by atoms with van der Waals surface area (Å²) in [4.78, 5) is 41.5. The van der Waals surface area contributed by atoms with Crippen LogP contribution < -0.4 is 36.9 Å². The lowest BCUT2D eigenvalue weighted by Crippen LogP contribution is -2.44. The number of pyridine rings is 1. The molecule has 4 aromatic carbocycles. The number of aliphatic hydroxyl groups excluding tert-OH is 1. The minimum atomic E-state index is -0.989. The van der Waals surface area contributed by atoms with Crippen LogP contribution in [0, 0.1) is 0 Å². The Bertz CT molecular complexity index is 2230. The summed E-state index contributed by atoms with van der Waals surface area (Å²) in [6.07, 6.45) is 2.24. The van der Waals surface area contributed by atoms with E-state index in [2.05, 4.69) is 20.9 Å². The first kappa shape index (κ1) is 40.1. The van der Waals surface area contributed by atoms with Crippen molar-refractivity contribution in [2.75, 3.05) is 30.4 Å². The van der Waals surface area contributed by atoms with E-state index in [0.717, 1.165) is 29.5 Å². The van der Waals surface area contributed by atoms with Gasteiger partial charge in [-0.1, -0.05) is 60.1 Å². The normalized spacial score (nSPS) is 15.9. The number of phenolic OH excluding ortho intramolecular Hbond substituents is 1. The summed E-state index contributed by atoms with van der Waals surface area (Å²) in [6, 6.07) is 24.4. The molecule has 294 valence electrons. The molecule has 0 spiro atoms. The number of benzene rings is 4. The largest absolute Gasteiger partial charge is 0.506 e. The summed E-state index contributed by atoms with van der Waals surface area (Å²) in [5.74, 6) is 0.384. The molecule has 13 nitrogen and oxygen atoms in total.